The Hall–Kier alpha value is -1.55. The second kappa shape index (κ2) is 6.06. The molecule has 1 aromatic rings. The Bertz CT molecular complexity index is 411. The SMILES string of the molecule is CC(N)C(=O)N1CCC(N(C)c2ccccc2)CC1. The lowest BCUT2D eigenvalue weighted by Gasteiger charge is -2.38. The molecule has 0 saturated carbocycles. The Morgan fingerprint density at radius 2 is 1.89 bits per heavy atom. The van der Waals surface area contributed by atoms with Crippen molar-refractivity contribution in [2.45, 2.75) is 31.8 Å². The van der Waals surface area contributed by atoms with Crippen molar-refractivity contribution in [1.82, 2.24) is 4.90 Å². The highest BCUT2D eigenvalue weighted by atomic mass is 16.2. The molecular weight excluding hydrogens is 238 g/mol. The maximum Gasteiger partial charge on any atom is 0.239 e. The number of nitrogens with zero attached hydrogens (tertiary/aromatic N) is 2. The van der Waals surface area contributed by atoms with Crippen molar-refractivity contribution in [3.63, 3.8) is 0 Å². The molecule has 1 aliphatic rings. The molecule has 1 heterocycles. The zero-order valence-electron chi connectivity index (χ0n) is 11.7. The highest BCUT2D eigenvalue weighted by Crippen LogP contribution is 2.21. The molecule has 1 amide bonds. The van der Waals surface area contributed by atoms with Gasteiger partial charge in [0.15, 0.2) is 0 Å². The third-order valence-corrected chi connectivity index (χ3v) is 3.88. The smallest absolute Gasteiger partial charge is 0.239 e. The Balaban J connectivity index is 1.91. The average molecular weight is 261 g/mol. The first-order chi connectivity index (χ1) is 9.09. The Morgan fingerprint density at radius 3 is 2.42 bits per heavy atom. The molecule has 4 heteroatoms. The molecule has 1 atom stereocenters. The number of hydrogen-bond donors (Lipinski definition) is 1. The number of amides is 1. The molecule has 19 heavy (non-hydrogen) atoms. The van der Waals surface area contributed by atoms with Gasteiger partial charge in [0.25, 0.3) is 0 Å². The molecule has 104 valence electrons. The summed E-state index contributed by atoms with van der Waals surface area (Å²) in [5, 5.41) is 0. The van der Waals surface area contributed by atoms with Crippen molar-refractivity contribution in [2.24, 2.45) is 5.73 Å². The maximum absolute atomic E-state index is 11.8. The molecule has 1 aliphatic heterocycles. The number of anilines is 1. The highest BCUT2D eigenvalue weighted by molar-refractivity contribution is 5.81. The topological polar surface area (TPSA) is 49.6 Å². The van der Waals surface area contributed by atoms with Crippen LogP contribution >= 0.6 is 0 Å². The van der Waals surface area contributed by atoms with Crippen molar-refractivity contribution < 1.29 is 4.79 Å². The van der Waals surface area contributed by atoms with Crippen LogP contribution in [0.5, 0.6) is 0 Å². The van der Waals surface area contributed by atoms with Crippen molar-refractivity contribution in [3.05, 3.63) is 30.3 Å². The first-order valence-electron chi connectivity index (χ1n) is 6.92. The van der Waals surface area contributed by atoms with Gasteiger partial charge in [0.05, 0.1) is 6.04 Å². The quantitative estimate of drug-likeness (QED) is 0.896. The second-order valence-corrected chi connectivity index (χ2v) is 5.29. The van der Waals surface area contributed by atoms with E-state index < -0.39 is 0 Å². The number of carbonyl (C=O) groups excluding carboxylic acids is 1. The van der Waals surface area contributed by atoms with Crippen molar-refractivity contribution in [2.75, 3.05) is 25.0 Å². The first-order valence-corrected chi connectivity index (χ1v) is 6.92. The summed E-state index contributed by atoms with van der Waals surface area (Å²) < 4.78 is 0. The van der Waals surface area contributed by atoms with Crippen LogP contribution in [0.3, 0.4) is 0 Å². The number of carbonyl (C=O) groups is 1. The number of para-hydroxylation sites is 1. The van der Waals surface area contributed by atoms with E-state index in [4.69, 9.17) is 5.73 Å². The average Bonchev–Trinajstić information content (AvgIpc) is 2.46. The molecule has 2 rings (SSSR count). The summed E-state index contributed by atoms with van der Waals surface area (Å²) in [5.74, 6) is 0.0702. The van der Waals surface area contributed by atoms with E-state index in [1.165, 1.54) is 5.69 Å². The fourth-order valence-electron chi connectivity index (χ4n) is 2.64. The third kappa shape index (κ3) is 3.26. The third-order valence-electron chi connectivity index (χ3n) is 3.88. The maximum atomic E-state index is 11.8. The molecule has 0 radical (unpaired) electrons. The molecule has 1 fully saturated rings. The minimum atomic E-state index is -0.386. The monoisotopic (exact) mass is 261 g/mol. The summed E-state index contributed by atoms with van der Waals surface area (Å²) in [6.07, 6.45) is 2.01. The summed E-state index contributed by atoms with van der Waals surface area (Å²) in [7, 11) is 2.13. The van der Waals surface area contributed by atoms with E-state index in [-0.39, 0.29) is 11.9 Å². The lowest BCUT2D eigenvalue weighted by molar-refractivity contribution is -0.133. The van der Waals surface area contributed by atoms with Crippen LogP contribution in [0.25, 0.3) is 0 Å². The summed E-state index contributed by atoms with van der Waals surface area (Å²) in [6.45, 7) is 3.37. The largest absolute Gasteiger partial charge is 0.371 e. The summed E-state index contributed by atoms with van der Waals surface area (Å²) in [6, 6.07) is 10.5. The zero-order chi connectivity index (χ0) is 13.8. The molecule has 1 saturated heterocycles. The van der Waals surface area contributed by atoms with E-state index in [2.05, 4.69) is 36.2 Å². The van der Waals surface area contributed by atoms with E-state index >= 15 is 0 Å². The Morgan fingerprint density at radius 1 is 1.32 bits per heavy atom. The predicted octanol–water partition coefficient (Wildman–Crippen LogP) is 1.46. The summed E-state index contributed by atoms with van der Waals surface area (Å²) in [4.78, 5) is 16.0. The minimum absolute atomic E-state index is 0.0702. The van der Waals surface area contributed by atoms with Crippen molar-refractivity contribution >= 4 is 11.6 Å². The van der Waals surface area contributed by atoms with E-state index in [0.29, 0.717) is 6.04 Å². The van der Waals surface area contributed by atoms with Gasteiger partial charge in [0.2, 0.25) is 5.91 Å². The molecule has 0 aliphatic carbocycles. The lowest BCUT2D eigenvalue weighted by Crippen LogP contribution is -2.49. The van der Waals surface area contributed by atoms with Gasteiger partial charge in [-0.25, -0.2) is 0 Å². The van der Waals surface area contributed by atoms with Crippen LogP contribution in [-0.2, 0) is 4.79 Å². The Labute approximate surface area is 115 Å². The van der Waals surface area contributed by atoms with Gasteiger partial charge in [-0.1, -0.05) is 18.2 Å². The van der Waals surface area contributed by atoms with E-state index in [0.717, 1.165) is 25.9 Å². The zero-order valence-corrected chi connectivity index (χ0v) is 11.7. The predicted molar refractivity (Wildman–Crippen MR) is 78.1 cm³/mol. The molecular formula is C15H23N3O. The van der Waals surface area contributed by atoms with E-state index in [1.54, 1.807) is 6.92 Å². The van der Waals surface area contributed by atoms with Crippen LogP contribution in [0.4, 0.5) is 5.69 Å². The van der Waals surface area contributed by atoms with E-state index in [1.807, 2.05) is 11.0 Å². The van der Waals surface area contributed by atoms with Gasteiger partial charge in [-0.15, -0.1) is 0 Å². The van der Waals surface area contributed by atoms with Gasteiger partial charge < -0.3 is 15.5 Å². The van der Waals surface area contributed by atoms with Crippen LogP contribution in [0.2, 0.25) is 0 Å². The molecule has 1 aromatic carbocycles. The van der Waals surface area contributed by atoms with Crippen LogP contribution in [-0.4, -0.2) is 43.0 Å². The molecule has 2 N–H and O–H groups in total. The first kappa shape index (κ1) is 13.9. The van der Waals surface area contributed by atoms with Gasteiger partial charge >= 0.3 is 0 Å². The standard InChI is InChI=1S/C15H23N3O/c1-12(16)15(19)18-10-8-14(9-11-18)17(2)13-6-4-3-5-7-13/h3-7,12,14H,8-11,16H2,1-2H3. The number of rotatable bonds is 3. The second-order valence-electron chi connectivity index (χ2n) is 5.29. The van der Waals surface area contributed by atoms with Gasteiger partial charge in [-0.3, -0.25) is 4.79 Å². The highest BCUT2D eigenvalue weighted by Gasteiger charge is 2.26. The number of benzene rings is 1. The van der Waals surface area contributed by atoms with Crippen LogP contribution in [0, 0.1) is 0 Å². The number of nitrogens with two attached hydrogens (primary N) is 1. The van der Waals surface area contributed by atoms with Crippen LogP contribution in [0.1, 0.15) is 19.8 Å². The normalized spacial score (nSPS) is 18.2. The Kier molecular flexibility index (Phi) is 4.43. The van der Waals surface area contributed by atoms with Crippen molar-refractivity contribution in [1.29, 1.82) is 0 Å². The molecule has 0 bridgehead atoms. The minimum Gasteiger partial charge on any atom is -0.371 e. The molecule has 0 spiro atoms. The number of hydrogen-bond acceptors (Lipinski definition) is 3. The van der Waals surface area contributed by atoms with E-state index in [9.17, 15) is 4.79 Å². The lowest BCUT2D eigenvalue weighted by atomic mass is 10.0. The van der Waals surface area contributed by atoms with Gasteiger partial charge in [0.1, 0.15) is 0 Å². The molecule has 0 aromatic heterocycles. The fraction of sp³-hybridized carbons (Fsp3) is 0.533. The van der Waals surface area contributed by atoms with Gasteiger partial charge in [0, 0.05) is 31.9 Å². The van der Waals surface area contributed by atoms with Crippen LogP contribution in [0.15, 0.2) is 30.3 Å². The molecule has 1 unspecified atom stereocenters. The van der Waals surface area contributed by atoms with Gasteiger partial charge in [-0.2, -0.15) is 0 Å². The number of piperidine rings is 1. The van der Waals surface area contributed by atoms with Crippen LogP contribution < -0.4 is 10.6 Å². The van der Waals surface area contributed by atoms with Gasteiger partial charge in [-0.05, 0) is 31.9 Å². The fourth-order valence-corrected chi connectivity index (χ4v) is 2.64. The summed E-state index contributed by atoms with van der Waals surface area (Å²) in [5.41, 5.74) is 6.89. The summed E-state index contributed by atoms with van der Waals surface area (Å²) >= 11 is 0. The molecule has 4 nitrogen and oxygen atoms in total. The number of likely N-dealkylation sites (tertiary alicyclic amines) is 1. The van der Waals surface area contributed by atoms with Crippen molar-refractivity contribution in [3.8, 4) is 0 Å².